The van der Waals surface area contributed by atoms with Gasteiger partial charge >= 0.3 is 5.97 Å². The molecule has 0 aromatic heterocycles. The molecule has 102 valence electrons. The number of anilines is 1. The molecule has 2 aromatic rings. The Morgan fingerprint density at radius 3 is 2.75 bits per heavy atom. The molecule has 1 heterocycles. The van der Waals surface area contributed by atoms with E-state index in [2.05, 4.69) is 17.0 Å². The molecule has 2 aromatic carbocycles. The number of carbonyl (C=O) groups is 1. The maximum absolute atomic E-state index is 11.0. The Hall–Kier alpha value is -2.49. The van der Waals surface area contributed by atoms with Gasteiger partial charge in [-0.3, -0.25) is 0 Å². The van der Waals surface area contributed by atoms with Gasteiger partial charge in [0.1, 0.15) is 12.4 Å². The number of carboxylic acids is 1. The van der Waals surface area contributed by atoms with Crippen LogP contribution in [0.1, 0.15) is 15.9 Å². The fourth-order valence-electron chi connectivity index (χ4n) is 2.38. The van der Waals surface area contributed by atoms with Crippen molar-refractivity contribution in [2.24, 2.45) is 0 Å². The molecule has 0 saturated carbocycles. The van der Waals surface area contributed by atoms with Crippen molar-refractivity contribution in [1.82, 2.24) is 0 Å². The summed E-state index contributed by atoms with van der Waals surface area (Å²) in [6.45, 7) is 2.17. The van der Waals surface area contributed by atoms with Crippen LogP contribution >= 0.6 is 0 Å². The van der Waals surface area contributed by atoms with Crippen LogP contribution in [0.2, 0.25) is 0 Å². The van der Waals surface area contributed by atoms with E-state index in [9.17, 15) is 4.79 Å². The van der Waals surface area contributed by atoms with Crippen molar-refractivity contribution >= 4 is 11.7 Å². The van der Waals surface area contributed by atoms with Crippen LogP contribution in [-0.2, 0) is 6.54 Å². The zero-order valence-corrected chi connectivity index (χ0v) is 11.0. The van der Waals surface area contributed by atoms with Crippen LogP contribution in [0.25, 0.3) is 0 Å². The van der Waals surface area contributed by atoms with Crippen molar-refractivity contribution in [1.29, 1.82) is 0 Å². The normalized spacial score (nSPS) is 13.5. The highest BCUT2D eigenvalue weighted by Crippen LogP contribution is 2.33. The van der Waals surface area contributed by atoms with E-state index in [-0.39, 0.29) is 5.56 Å². The summed E-state index contributed by atoms with van der Waals surface area (Å²) in [7, 11) is 0. The van der Waals surface area contributed by atoms with E-state index in [1.165, 1.54) is 5.56 Å². The molecule has 0 amide bonds. The quantitative estimate of drug-likeness (QED) is 0.930. The van der Waals surface area contributed by atoms with Gasteiger partial charge in [-0.05, 0) is 23.8 Å². The molecule has 0 radical (unpaired) electrons. The Morgan fingerprint density at radius 2 is 2.00 bits per heavy atom. The van der Waals surface area contributed by atoms with E-state index in [1.807, 2.05) is 24.3 Å². The first-order valence-corrected chi connectivity index (χ1v) is 6.53. The highest BCUT2D eigenvalue weighted by molar-refractivity contribution is 5.89. The van der Waals surface area contributed by atoms with Gasteiger partial charge in [0.15, 0.2) is 0 Å². The Labute approximate surface area is 117 Å². The van der Waals surface area contributed by atoms with Crippen LogP contribution in [0, 0.1) is 0 Å². The second-order valence-electron chi connectivity index (χ2n) is 4.74. The standard InChI is InChI=1S/C16H15NO3/c18-16(19)13-6-7-14-15(10-13)20-9-8-17(14)11-12-4-2-1-3-5-12/h1-7,10H,8-9,11H2,(H,18,19). The molecule has 0 bridgehead atoms. The first kappa shape index (κ1) is 12.5. The van der Waals surface area contributed by atoms with Crippen LogP contribution in [-0.4, -0.2) is 24.2 Å². The SMILES string of the molecule is O=C(O)c1ccc2c(c1)OCCN2Cc1ccccc1. The minimum absolute atomic E-state index is 0.255. The average molecular weight is 269 g/mol. The van der Waals surface area contributed by atoms with Crippen LogP contribution in [0.5, 0.6) is 5.75 Å². The molecular formula is C16H15NO3. The number of aromatic carboxylic acids is 1. The van der Waals surface area contributed by atoms with Gasteiger partial charge in [0, 0.05) is 6.54 Å². The van der Waals surface area contributed by atoms with Gasteiger partial charge in [-0.1, -0.05) is 30.3 Å². The van der Waals surface area contributed by atoms with Crippen molar-refractivity contribution in [3.05, 3.63) is 59.7 Å². The van der Waals surface area contributed by atoms with Gasteiger partial charge in [-0.15, -0.1) is 0 Å². The third-order valence-electron chi connectivity index (χ3n) is 3.38. The summed E-state index contributed by atoms with van der Waals surface area (Å²) in [5.41, 5.74) is 2.43. The number of rotatable bonds is 3. The molecule has 0 saturated heterocycles. The molecule has 1 aliphatic rings. The molecule has 4 nitrogen and oxygen atoms in total. The number of ether oxygens (including phenoxy) is 1. The minimum Gasteiger partial charge on any atom is -0.490 e. The molecular weight excluding hydrogens is 254 g/mol. The van der Waals surface area contributed by atoms with Crippen LogP contribution in [0.4, 0.5) is 5.69 Å². The predicted octanol–water partition coefficient (Wildman–Crippen LogP) is 2.78. The fraction of sp³-hybridized carbons (Fsp3) is 0.188. The monoisotopic (exact) mass is 269 g/mol. The van der Waals surface area contributed by atoms with Crippen molar-refractivity contribution in [2.45, 2.75) is 6.54 Å². The van der Waals surface area contributed by atoms with Gasteiger partial charge in [0.05, 0.1) is 17.8 Å². The molecule has 1 aliphatic heterocycles. The van der Waals surface area contributed by atoms with E-state index in [0.29, 0.717) is 12.4 Å². The Balaban J connectivity index is 1.88. The highest BCUT2D eigenvalue weighted by Gasteiger charge is 2.19. The van der Waals surface area contributed by atoms with Crippen molar-refractivity contribution in [3.63, 3.8) is 0 Å². The van der Waals surface area contributed by atoms with Crippen molar-refractivity contribution < 1.29 is 14.6 Å². The Kier molecular flexibility index (Phi) is 3.29. The summed E-state index contributed by atoms with van der Waals surface area (Å²) >= 11 is 0. The lowest BCUT2D eigenvalue weighted by Crippen LogP contribution is -2.32. The van der Waals surface area contributed by atoms with E-state index in [0.717, 1.165) is 18.8 Å². The smallest absolute Gasteiger partial charge is 0.335 e. The molecule has 0 fully saturated rings. The van der Waals surface area contributed by atoms with Gasteiger partial charge in [0.2, 0.25) is 0 Å². The largest absolute Gasteiger partial charge is 0.490 e. The van der Waals surface area contributed by atoms with Crippen molar-refractivity contribution in [2.75, 3.05) is 18.1 Å². The Morgan fingerprint density at radius 1 is 1.20 bits per heavy atom. The predicted molar refractivity (Wildman–Crippen MR) is 76.4 cm³/mol. The van der Waals surface area contributed by atoms with Crippen molar-refractivity contribution in [3.8, 4) is 5.75 Å². The number of hydrogen-bond acceptors (Lipinski definition) is 3. The lowest BCUT2D eigenvalue weighted by atomic mass is 10.1. The summed E-state index contributed by atoms with van der Waals surface area (Å²) in [4.78, 5) is 13.2. The maximum Gasteiger partial charge on any atom is 0.335 e. The number of nitrogens with zero attached hydrogens (tertiary/aromatic N) is 1. The molecule has 0 unspecified atom stereocenters. The molecule has 1 N–H and O–H groups in total. The van der Waals surface area contributed by atoms with E-state index in [1.54, 1.807) is 12.1 Å². The number of benzene rings is 2. The van der Waals surface area contributed by atoms with Gasteiger partial charge in [-0.25, -0.2) is 4.79 Å². The first-order chi connectivity index (χ1) is 9.74. The van der Waals surface area contributed by atoms with E-state index in [4.69, 9.17) is 9.84 Å². The van der Waals surface area contributed by atoms with Gasteiger partial charge in [0.25, 0.3) is 0 Å². The second kappa shape index (κ2) is 5.25. The molecule has 0 atom stereocenters. The highest BCUT2D eigenvalue weighted by atomic mass is 16.5. The topological polar surface area (TPSA) is 49.8 Å². The van der Waals surface area contributed by atoms with Gasteiger partial charge in [-0.2, -0.15) is 0 Å². The second-order valence-corrected chi connectivity index (χ2v) is 4.74. The third kappa shape index (κ3) is 2.45. The molecule has 3 rings (SSSR count). The first-order valence-electron chi connectivity index (χ1n) is 6.53. The average Bonchev–Trinajstić information content (AvgIpc) is 2.48. The zero-order valence-electron chi connectivity index (χ0n) is 11.0. The molecule has 4 heteroatoms. The van der Waals surface area contributed by atoms with Crippen LogP contribution in [0.15, 0.2) is 48.5 Å². The van der Waals surface area contributed by atoms with Crippen LogP contribution < -0.4 is 9.64 Å². The third-order valence-corrected chi connectivity index (χ3v) is 3.38. The fourth-order valence-corrected chi connectivity index (χ4v) is 2.38. The zero-order chi connectivity index (χ0) is 13.9. The summed E-state index contributed by atoms with van der Waals surface area (Å²) in [5, 5.41) is 9.02. The molecule has 20 heavy (non-hydrogen) atoms. The summed E-state index contributed by atoms with van der Waals surface area (Å²) in [5.74, 6) is -0.288. The number of hydrogen-bond donors (Lipinski definition) is 1. The summed E-state index contributed by atoms with van der Waals surface area (Å²) < 4.78 is 5.58. The van der Waals surface area contributed by atoms with Crippen LogP contribution in [0.3, 0.4) is 0 Å². The summed E-state index contributed by atoms with van der Waals surface area (Å²) in [6, 6.07) is 15.2. The summed E-state index contributed by atoms with van der Waals surface area (Å²) in [6.07, 6.45) is 0. The molecule has 0 aliphatic carbocycles. The minimum atomic E-state index is -0.934. The van der Waals surface area contributed by atoms with E-state index >= 15 is 0 Å². The molecule has 0 spiro atoms. The van der Waals surface area contributed by atoms with Gasteiger partial charge < -0.3 is 14.7 Å². The lowest BCUT2D eigenvalue weighted by Gasteiger charge is -2.31. The lowest BCUT2D eigenvalue weighted by molar-refractivity contribution is 0.0696. The number of fused-ring (bicyclic) bond motifs is 1. The maximum atomic E-state index is 11.0. The Bertz CT molecular complexity index is 625. The van der Waals surface area contributed by atoms with E-state index < -0.39 is 5.97 Å². The number of carboxylic acid groups (broad SMARTS) is 1.